The lowest BCUT2D eigenvalue weighted by Gasteiger charge is -2.26. The number of morpholine rings is 1. The van der Waals surface area contributed by atoms with E-state index in [0.29, 0.717) is 13.2 Å². The average Bonchev–Trinajstić information content (AvgIpc) is 2.65. The minimum absolute atomic E-state index is 0.0335. The van der Waals surface area contributed by atoms with E-state index in [9.17, 15) is 18.0 Å². The van der Waals surface area contributed by atoms with Gasteiger partial charge < -0.3 is 14.8 Å². The summed E-state index contributed by atoms with van der Waals surface area (Å²) in [5, 5.41) is 2.60. The second kappa shape index (κ2) is 8.61. The maximum absolute atomic E-state index is 12.7. The number of ether oxygens (including phenoxy) is 2. The van der Waals surface area contributed by atoms with Crippen LogP contribution in [0.4, 0.5) is 0 Å². The molecule has 1 atom stereocenters. The highest BCUT2D eigenvalue weighted by Crippen LogP contribution is 2.18. The number of hydrogen-bond acceptors (Lipinski definition) is 6. The number of carbonyl (C=O) groups is 2. The zero-order valence-electron chi connectivity index (χ0n) is 15.1. The summed E-state index contributed by atoms with van der Waals surface area (Å²) in [4.78, 5) is 24.3. The fraction of sp³-hybridized carbons (Fsp3) is 0.529. The van der Waals surface area contributed by atoms with Crippen molar-refractivity contribution in [1.82, 2.24) is 9.62 Å². The summed E-state index contributed by atoms with van der Waals surface area (Å²) in [5.41, 5.74) is 0.161. The van der Waals surface area contributed by atoms with Crippen molar-refractivity contribution >= 4 is 21.9 Å². The highest BCUT2D eigenvalue weighted by Gasteiger charge is 2.28. The predicted molar refractivity (Wildman–Crippen MR) is 94.1 cm³/mol. The van der Waals surface area contributed by atoms with E-state index >= 15 is 0 Å². The van der Waals surface area contributed by atoms with Gasteiger partial charge in [0.25, 0.3) is 5.91 Å². The SMILES string of the molecule is COC(=O)[C@@H](NC(=O)c1cccc(S(=O)(=O)N2CCOCC2)c1)C(C)C. The van der Waals surface area contributed by atoms with E-state index < -0.39 is 27.9 Å². The minimum atomic E-state index is -3.70. The second-order valence-electron chi connectivity index (χ2n) is 6.26. The normalized spacial score (nSPS) is 16.9. The molecule has 1 aliphatic heterocycles. The number of methoxy groups -OCH3 is 1. The first kappa shape index (κ1) is 20.3. The van der Waals surface area contributed by atoms with Crippen molar-refractivity contribution in [1.29, 1.82) is 0 Å². The molecule has 1 saturated heterocycles. The lowest BCUT2D eigenvalue weighted by Crippen LogP contribution is -2.45. The molecule has 1 amide bonds. The Morgan fingerprint density at radius 3 is 2.46 bits per heavy atom. The van der Waals surface area contributed by atoms with Crippen LogP contribution in [0.15, 0.2) is 29.2 Å². The monoisotopic (exact) mass is 384 g/mol. The van der Waals surface area contributed by atoms with Gasteiger partial charge in [0.05, 0.1) is 25.2 Å². The number of hydrogen-bond donors (Lipinski definition) is 1. The van der Waals surface area contributed by atoms with E-state index in [0.717, 1.165) is 0 Å². The number of nitrogens with zero attached hydrogens (tertiary/aromatic N) is 1. The molecule has 0 unspecified atom stereocenters. The fourth-order valence-electron chi connectivity index (χ4n) is 2.58. The maximum Gasteiger partial charge on any atom is 0.328 e. The van der Waals surface area contributed by atoms with Crippen LogP contribution in [0.5, 0.6) is 0 Å². The largest absolute Gasteiger partial charge is 0.467 e. The van der Waals surface area contributed by atoms with Gasteiger partial charge in [0, 0.05) is 18.7 Å². The lowest BCUT2D eigenvalue weighted by atomic mass is 10.0. The molecule has 0 aromatic heterocycles. The molecule has 1 heterocycles. The van der Waals surface area contributed by atoms with Crippen molar-refractivity contribution in [2.24, 2.45) is 5.92 Å². The molecular weight excluding hydrogens is 360 g/mol. The number of rotatable bonds is 6. The van der Waals surface area contributed by atoms with Crippen molar-refractivity contribution in [3.8, 4) is 0 Å². The Kier molecular flexibility index (Phi) is 6.74. The third kappa shape index (κ3) is 4.60. The van der Waals surface area contributed by atoms with E-state index in [4.69, 9.17) is 9.47 Å². The van der Waals surface area contributed by atoms with E-state index in [1.165, 1.54) is 35.7 Å². The summed E-state index contributed by atoms with van der Waals surface area (Å²) < 4.78 is 36.6. The molecule has 0 bridgehead atoms. The Hall–Kier alpha value is -1.97. The highest BCUT2D eigenvalue weighted by atomic mass is 32.2. The zero-order chi connectivity index (χ0) is 19.3. The molecule has 2 rings (SSSR count). The van der Waals surface area contributed by atoms with Crippen molar-refractivity contribution in [3.63, 3.8) is 0 Å². The van der Waals surface area contributed by atoms with Crippen LogP contribution in [0.2, 0.25) is 0 Å². The van der Waals surface area contributed by atoms with Gasteiger partial charge in [-0.05, 0) is 24.1 Å². The topological polar surface area (TPSA) is 102 Å². The van der Waals surface area contributed by atoms with E-state index in [1.807, 2.05) is 0 Å². The van der Waals surface area contributed by atoms with Crippen LogP contribution < -0.4 is 5.32 Å². The number of nitrogens with one attached hydrogen (secondary N) is 1. The first-order chi connectivity index (χ1) is 12.3. The molecule has 1 fully saturated rings. The summed E-state index contributed by atoms with van der Waals surface area (Å²) in [6.07, 6.45) is 0. The van der Waals surface area contributed by atoms with Crippen LogP contribution in [0.25, 0.3) is 0 Å². The van der Waals surface area contributed by atoms with Crippen LogP contribution in [0, 0.1) is 5.92 Å². The molecule has 0 radical (unpaired) electrons. The number of esters is 1. The average molecular weight is 384 g/mol. The smallest absolute Gasteiger partial charge is 0.328 e. The molecule has 0 spiro atoms. The van der Waals surface area contributed by atoms with Crippen LogP contribution in [0.3, 0.4) is 0 Å². The minimum Gasteiger partial charge on any atom is -0.467 e. The zero-order valence-corrected chi connectivity index (χ0v) is 15.9. The van der Waals surface area contributed by atoms with E-state index in [2.05, 4.69) is 5.32 Å². The summed E-state index contributed by atoms with van der Waals surface area (Å²) in [6.45, 7) is 4.79. The molecule has 1 aliphatic rings. The quantitative estimate of drug-likeness (QED) is 0.722. The Balaban J connectivity index is 2.22. The van der Waals surface area contributed by atoms with Gasteiger partial charge in [-0.1, -0.05) is 19.9 Å². The molecule has 26 heavy (non-hydrogen) atoms. The summed E-state index contributed by atoms with van der Waals surface area (Å²) >= 11 is 0. The predicted octanol–water partition coefficient (Wildman–Crippen LogP) is 0.635. The van der Waals surface area contributed by atoms with Gasteiger partial charge in [-0.15, -0.1) is 0 Å². The number of sulfonamides is 1. The van der Waals surface area contributed by atoms with Crippen LogP contribution >= 0.6 is 0 Å². The third-order valence-electron chi connectivity index (χ3n) is 4.11. The Bertz CT molecular complexity index is 756. The fourth-order valence-corrected chi connectivity index (χ4v) is 4.04. The third-order valence-corrected chi connectivity index (χ3v) is 6.01. The molecule has 1 aromatic rings. The second-order valence-corrected chi connectivity index (χ2v) is 8.20. The highest BCUT2D eigenvalue weighted by molar-refractivity contribution is 7.89. The first-order valence-electron chi connectivity index (χ1n) is 8.34. The number of amides is 1. The van der Waals surface area contributed by atoms with E-state index in [1.54, 1.807) is 13.8 Å². The van der Waals surface area contributed by atoms with Crippen molar-refractivity contribution in [3.05, 3.63) is 29.8 Å². The van der Waals surface area contributed by atoms with Crippen LogP contribution in [0.1, 0.15) is 24.2 Å². The molecule has 0 aliphatic carbocycles. The number of carbonyl (C=O) groups excluding carboxylic acids is 2. The maximum atomic E-state index is 12.7. The number of benzene rings is 1. The Morgan fingerprint density at radius 2 is 1.88 bits per heavy atom. The van der Waals surface area contributed by atoms with Crippen LogP contribution in [-0.4, -0.2) is 64.1 Å². The summed E-state index contributed by atoms with van der Waals surface area (Å²) in [5.74, 6) is -1.26. The lowest BCUT2D eigenvalue weighted by molar-refractivity contribution is -0.144. The molecule has 0 saturated carbocycles. The van der Waals surface area contributed by atoms with Gasteiger partial charge in [-0.25, -0.2) is 13.2 Å². The van der Waals surface area contributed by atoms with Crippen molar-refractivity contribution in [2.45, 2.75) is 24.8 Å². The van der Waals surface area contributed by atoms with Gasteiger partial charge in [0.2, 0.25) is 10.0 Å². The molecular formula is C17H24N2O6S. The van der Waals surface area contributed by atoms with Crippen molar-refractivity contribution < 1.29 is 27.5 Å². The van der Waals surface area contributed by atoms with Gasteiger partial charge in [-0.3, -0.25) is 4.79 Å². The Morgan fingerprint density at radius 1 is 1.23 bits per heavy atom. The van der Waals surface area contributed by atoms with Gasteiger partial charge in [0.15, 0.2) is 0 Å². The standard InChI is InChI=1S/C17H24N2O6S/c1-12(2)15(17(21)24-3)18-16(20)13-5-4-6-14(11-13)26(22,23)19-7-9-25-10-8-19/h4-6,11-12,15H,7-10H2,1-3H3,(H,18,20)/t15-/m0/s1. The van der Waals surface area contributed by atoms with Gasteiger partial charge >= 0.3 is 5.97 Å². The van der Waals surface area contributed by atoms with Crippen molar-refractivity contribution in [2.75, 3.05) is 33.4 Å². The van der Waals surface area contributed by atoms with Gasteiger partial charge in [-0.2, -0.15) is 4.31 Å². The summed E-state index contributed by atoms with van der Waals surface area (Å²) in [7, 11) is -2.45. The first-order valence-corrected chi connectivity index (χ1v) is 9.78. The summed E-state index contributed by atoms with van der Waals surface area (Å²) in [6, 6.07) is 4.95. The molecule has 1 aromatic carbocycles. The Labute approximate surface area is 153 Å². The van der Waals surface area contributed by atoms with Gasteiger partial charge in [0.1, 0.15) is 6.04 Å². The molecule has 1 N–H and O–H groups in total. The molecule has 144 valence electrons. The molecule has 9 heteroatoms. The van der Waals surface area contributed by atoms with Crippen LogP contribution in [-0.2, 0) is 24.3 Å². The molecule has 8 nitrogen and oxygen atoms in total. The van der Waals surface area contributed by atoms with E-state index in [-0.39, 0.29) is 29.5 Å².